The lowest BCUT2D eigenvalue weighted by molar-refractivity contribution is -0.117. The maximum Gasteiger partial charge on any atom is 0.221 e. The van der Waals surface area contributed by atoms with E-state index < -0.39 is 0 Å². The monoisotopic (exact) mass is 247 g/mol. The number of ether oxygens (including phenoxy) is 1. The summed E-state index contributed by atoms with van der Waals surface area (Å²) in [6.45, 7) is 0.760. The number of hydrogen-bond acceptors (Lipinski definition) is 2. The van der Waals surface area contributed by atoms with Gasteiger partial charge in [0.15, 0.2) is 0 Å². The summed E-state index contributed by atoms with van der Waals surface area (Å²) in [7, 11) is 0. The minimum Gasteiger partial charge on any atom is -0.493 e. The van der Waals surface area contributed by atoms with Crippen molar-refractivity contribution in [3.8, 4) is 5.75 Å². The highest BCUT2D eigenvalue weighted by Crippen LogP contribution is 2.26. The van der Waals surface area contributed by atoms with Crippen molar-refractivity contribution in [3.63, 3.8) is 0 Å². The Morgan fingerprint density at radius 2 is 1.94 bits per heavy atom. The van der Waals surface area contributed by atoms with Crippen molar-refractivity contribution in [3.05, 3.63) is 29.8 Å². The van der Waals surface area contributed by atoms with Crippen molar-refractivity contribution in [2.45, 2.75) is 38.5 Å². The third-order valence-corrected chi connectivity index (χ3v) is 3.54. The van der Waals surface area contributed by atoms with E-state index in [0.717, 1.165) is 17.9 Å². The van der Waals surface area contributed by atoms with Crippen molar-refractivity contribution in [2.75, 3.05) is 6.61 Å². The van der Waals surface area contributed by atoms with E-state index in [1.165, 1.54) is 32.1 Å². The maximum absolute atomic E-state index is 11.0. The fourth-order valence-electron chi connectivity index (χ4n) is 2.54. The molecule has 1 aliphatic rings. The molecule has 2 N–H and O–H groups in total. The normalized spacial score (nSPS) is 16.4. The topological polar surface area (TPSA) is 52.3 Å². The number of amides is 1. The van der Waals surface area contributed by atoms with Crippen LogP contribution in [0, 0.1) is 5.92 Å². The standard InChI is InChI=1S/C15H21NO2/c16-15(17)10-13-8-4-5-9-14(13)18-11-12-6-2-1-3-7-12/h4-5,8-9,12H,1-3,6-7,10-11H2,(H2,16,17). The van der Waals surface area contributed by atoms with Crippen LogP contribution in [-0.2, 0) is 11.2 Å². The van der Waals surface area contributed by atoms with Gasteiger partial charge in [-0.15, -0.1) is 0 Å². The maximum atomic E-state index is 11.0. The predicted octanol–water partition coefficient (Wildman–Crippen LogP) is 2.67. The highest BCUT2D eigenvalue weighted by atomic mass is 16.5. The summed E-state index contributed by atoms with van der Waals surface area (Å²) >= 11 is 0. The van der Waals surface area contributed by atoms with E-state index in [4.69, 9.17) is 10.5 Å². The average Bonchev–Trinajstić information content (AvgIpc) is 2.38. The smallest absolute Gasteiger partial charge is 0.221 e. The Morgan fingerprint density at radius 3 is 2.67 bits per heavy atom. The van der Waals surface area contributed by atoms with E-state index in [9.17, 15) is 4.79 Å². The van der Waals surface area contributed by atoms with Crippen molar-refractivity contribution >= 4 is 5.91 Å². The molecule has 1 aliphatic carbocycles. The molecule has 0 bridgehead atoms. The molecule has 1 amide bonds. The minimum atomic E-state index is -0.316. The van der Waals surface area contributed by atoms with E-state index in [-0.39, 0.29) is 12.3 Å². The summed E-state index contributed by atoms with van der Waals surface area (Å²) in [6.07, 6.45) is 6.76. The average molecular weight is 247 g/mol. The van der Waals surface area contributed by atoms with Crippen LogP contribution < -0.4 is 10.5 Å². The molecule has 1 aromatic carbocycles. The van der Waals surface area contributed by atoms with Crippen LogP contribution >= 0.6 is 0 Å². The van der Waals surface area contributed by atoms with Crippen LogP contribution in [0.2, 0.25) is 0 Å². The number of carbonyl (C=O) groups excluding carboxylic acids is 1. The molecule has 0 saturated heterocycles. The van der Waals surface area contributed by atoms with Crippen LogP contribution in [0.3, 0.4) is 0 Å². The van der Waals surface area contributed by atoms with Gasteiger partial charge in [-0.25, -0.2) is 0 Å². The highest BCUT2D eigenvalue weighted by molar-refractivity contribution is 5.77. The molecule has 0 aromatic heterocycles. The Balaban J connectivity index is 1.93. The molecule has 0 atom stereocenters. The second kappa shape index (κ2) is 6.43. The van der Waals surface area contributed by atoms with E-state index in [1.54, 1.807) is 0 Å². The summed E-state index contributed by atoms with van der Waals surface area (Å²) in [4.78, 5) is 11.0. The zero-order chi connectivity index (χ0) is 12.8. The van der Waals surface area contributed by atoms with E-state index >= 15 is 0 Å². The molecule has 3 nitrogen and oxygen atoms in total. The molecule has 98 valence electrons. The lowest BCUT2D eigenvalue weighted by Gasteiger charge is -2.22. The Kier molecular flexibility index (Phi) is 4.62. The van der Waals surface area contributed by atoms with Crippen LogP contribution in [0.4, 0.5) is 0 Å². The molecule has 2 rings (SSSR count). The number of primary amides is 1. The number of rotatable bonds is 5. The van der Waals surface area contributed by atoms with E-state index in [0.29, 0.717) is 5.92 Å². The molecule has 18 heavy (non-hydrogen) atoms. The van der Waals surface area contributed by atoms with Crippen LogP contribution in [0.1, 0.15) is 37.7 Å². The lowest BCUT2D eigenvalue weighted by atomic mass is 9.90. The molecule has 0 spiro atoms. The van der Waals surface area contributed by atoms with Gasteiger partial charge in [-0.2, -0.15) is 0 Å². The van der Waals surface area contributed by atoms with Crippen LogP contribution in [0.5, 0.6) is 5.75 Å². The molecule has 0 unspecified atom stereocenters. The molecular weight excluding hydrogens is 226 g/mol. The molecule has 1 aromatic rings. The third-order valence-electron chi connectivity index (χ3n) is 3.54. The second-order valence-corrected chi connectivity index (χ2v) is 5.07. The van der Waals surface area contributed by atoms with E-state index in [1.807, 2.05) is 24.3 Å². The van der Waals surface area contributed by atoms with Crippen molar-refractivity contribution < 1.29 is 9.53 Å². The quantitative estimate of drug-likeness (QED) is 0.869. The zero-order valence-electron chi connectivity index (χ0n) is 10.7. The summed E-state index contributed by atoms with van der Waals surface area (Å²) < 4.78 is 5.87. The second-order valence-electron chi connectivity index (χ2n) is 5.07. The first kappa shape index (κ1) is 12.9. The SMILES string of the molecule is NC(=O)Cc1ccccc1OCC1CCCCC1. The van der Waals surface area contributed by atoms with Gasteiger partial charge < -0.3 is 10.5 Å². The lowest BCUT2D eigenvalue weighted by Crippen LogP contribution is -2.17. The Hall–Kier alpha value is -1.51. The van der Waals surface area contributed by atoms with Gasteiger partial charge in [-0.05, 0) is 24.8 Å². The van der Waals surface area contributed by atoms with Crippen LogP contribution in [-0.4, -0.2) is 12.5 Å². The Bertz CT molecular complexity index is 397. The molecule has 0 aliphatic heterocycles. The van der Waals surface area contributed by atoms with E-state index in [2.05, 4.69) is 0 Å². The summed E-state index contributed by atoms with van der Waals surface area (Å²) in [5.41, 5.74) is 6.13. The largest absolute Gasteiger partial charge is 0.493 e. The van der Waals surface area contributed by atoms with Gasteiger partial charge in [0.25, 0.3) is 0 Å². The number of hydrogen-bond donors (Lipinski definition) is 1. The number of carbonyl (C=O) groups is 1. The number of para-hydroxylation sites is 1. The van der Waals surface area contributed by atoms with Gasteiger partial charge in [0.05, 0.1) is 13.0 Å². The summed E-state index contributed by atoms with van der Waals surface area (Å²) in [5.74, 6) is 1.16. The minimum absolute atomic E-state index is 0.251. The van der Waals surface area contributed by atoms with Gasteiger partial charge in [0.1, 0.15) is 5.75 Å². The summed E-state index contributed by atoms with van der Waals surface area (Å²) in [6, 6.07) is 7.66. The Labute approximate surface area is 108 Å². The van der Waals surface area contributed by atoms with Crippen molar-refractivity contribution in [1.82, 2.24) is 0 Å². The van der Waals surface area contributed by atoms with Gasteiger partial charge in [0, 0.05) is 5.56 Å². The fraction of sp³-hybridized carbons (Fsp3) is 0.533. The fourth-order valence-corrected chi connectivity index (χ4v) is 2.54. The van der Waals surface area contributed by atoms with Gasteiger partial charge >= 0.3 is 0 Å². The Morgan fingerprint density at radius 1 is 1.22 bits per heavy atom. The van der Waals surface area contributed by atoms with Gasteiger partial charge in [-0.3, -0.25) is 4.79 Å². The van der Waals surface area contributed by atoms with Crippen LogP contribution in [0.15, 0.2) is 24.3 Å². The first-order valence-electron chi connectivity index (χ1n) is 6.74. The molecule has 1 fully saturated rings. The molecule has 0 radical (unpaired) electrons. The third kappa shape index (κ3) is 3.76. The molecule has 1 saturated carbocycles. The molecule has 3 heteroatoms. The highest BCUT2D eigenvalue weighted by Gasteiger charge is 2.15. The molecular formula is C15H21NO2. The molecule has 0 heterocycles. The number of benzene rings is 1. The first-order chi connectivity index (χ1) is 8.75. The van der Waals surface area contributed by atoms with Gasteiger partial charge in [-0.1, -0.05) is 37.5 Å². The summed E-state index contributed by atoms with van der Waals surface area (Å²) in [5, 5.41) is 0. The van der Waals surface area contributed by atoms with Crippen LogP contribution in [0.25, 0.3) is 0 Å². The zero-order valence-corrected chi connectivity index (χ0v) is 10.7. The van der Waals surface area contributed by atoms with Gasteiger partial charge in [0.2, 0.25) is 5.91 Å². The number of nitrogens with two attached hydrogens (primary N) is 1. The first-order valence-corrected chi connectivity index (χ1v) is 6.74. The van der Waals surface area contributed by atoms with Crippen molar-refractivity contribution in [2.24, 2.45) is 11.7 Å². The predicted molar refractivity (Wildman–Crippen MR) is 71.4 cm³/mol. The van der Waals surface area contributed by atoms with Crippen molar-refractivity contribution in [1.29, 1.82) is 0 Å².